The number of ether oxygens (including phenoxy) is 1. The van der Waals surface area contributed by atoms with E-state index in [2.05, 4.69) is 25.1 Å². The van der Waals surface area contributed by atoms with Gasteiger partial charge in [0.1, 0.15) is 6.61 Å². The molecule has 1 aromatic carbocycles. The molecule has 0 bridgehead atoms. The number of pyridine rings is 1. The van der Waals surface area contributed by atoms with Gasteiger partial charge in [-0.05, 0) is 18.2 Å². The van der Waals surface area contributed by atoms with Crippen LogP contribution in [0.3, 0.4) is 0 Å². The smallest absolute Gasteiger partial charge is 0.314 e. The molecule has 0 aliphatic carbocycles. The maximum atomic E-state index is 12.0. The van der Waals surface area contributed by atoms with Crippen molar-refractivity contribution in [2.75, 3.05) is 7.11 Å². The molecular formula is C17H12Cl2N6NaO3. The summed E-state index contributed by atoms with van der Waals surface area (Å²) in [6, 6.07) is 5.01. The Morgan fingerprint density at radius 2 is 1.93 bits per heavy atom. The molecule has 4 rings (SSSR count). The average molecular weight is 442 g/mol. The third-order valence-corrected chi connectivity index (χ3v) is 4.81. The topological polar surface area (TPSA) is 119 Å². The van der Waals surface area contributed by atoms with Crippen LogP contribution < -0.4 is 11.1 Å². The first-order valence-corrected chi connectivity index (χ1v) is 8.75. The van der Waals surface area contributed by atoms with Crippen molar-refractivity contribution in [2.24, 2.45) is 0 Å². The maximum Gasteiger partial charge on any atom is 0.314 e. The number of fused-ring (bicyclic) bond motifs is 1. The molecule has 2 N–H and O–H groups in total. The molecule has 0 atom stereocenters. The number of halogens is 2. The second-order valence-corrected chi connectivity index (χ2v) is 6.59. The van der Waals surface area contributed by atoms with Crippen LogP contribution in [0.4, 0.5) is 0 Å². The number of H-pyrrole nitrogens is 2. The fourth-order valence-electron chi connectivity index (χ4n) is 2.85. The van der Waals surface area contributed by atoms with Crippen LogP contribution in [0.1, 0.15) is 5.82 Å². The quantitative estimate of drug-likeness (QED) is 0.368. The number of methoxy groups -OCH3 is 1. The molecule has 4 aromatic rings. The van der Waals surface area contributed by atoms with Gasteiger partial charge in [-0.25, -0.2) is 0 Å². The molecule has 1 radical (unpaired) electrons. The van der Waals surface area contributed by atoms with Crippen LogP contribution in [0.15, 0.2) is 40.2 Å². The Morgan fingerprint density at radius 3 is 2.62 bits per heavy atom. The van der Waals surface area contributed by atoms with E-state index in [0.717, 1.165) is 0 Å². The molecule has 9 nitrogen and oxygen atoms in total. The van der Waals surface area contributed by atoms with E-state index in [1.807, 2.05) is 0 Å². The van der Waals surface area contributed by atoms with Crippen LogP contribution >= 0.6 is 23.2 Å². The van der Waals surface area contributed by atoms with Crippen LogP contribution in [0.5, 0.6) is 0 Å². The van der Waals surface area contributed by atoms with Crippen LogP contribution in [-0.2, 0) is 11.3 Å². The van der Waals surface area contributed by atoms with Crippen molar-refractivity contribution in [1.29, 1.82) is 0 Å². The number of hydrogen-bond acceptors (Lipinski definition) is 6. The fraction of sp³-hybridized carbons (Fsp3) is 0.118. The van der Waals surface area contributed by atoms with Crippen molar-refractivity contribution >= 4 is 63.8 Å². The molecule has 3 heterocycles. The Labute approximate surface area is 195 Å². The van der Waals surface area contributed by atoms with Crippen molar-refractivity contribution in [2.45, 2.75) is 6.61 Å². The molecule has 143 valence electrons. The normalized spacial score (nSPS) is 10.9. The maximum absolute atomic E-state index is 12.0. The van der Waals surface area contributed by atoms with E-state index in [4.69, 9.17) is 27.9 Å². The van der Waals surface area contributed by atoms with Crippen LogP contribution in [-0.4, -0.2) is 66.4 Å². The number of nitrogens with zero attached hydrogens (tertiary/aromatic N) is 4. The molecule has 0 aliphatic heterocycles. The molecule has 0 saturated heterocycles. The Balaban J connectivity index is 0.00000240. The van der Waals surface area contributed by atoms with E-state index in [1.165, 1.54) is 13.2 Å². The Bertz CT molecular complexity index is 1300. The summed E-state index contributed by atoms with van der Waals surface area (Å²) in [6.07, 6.45) is 3.24. The molecule has 0 aliphatic rings. The predicted octanol–water partition coefficient (Wildman–Crippen LogP) is 1.93. The average Bonchev–Trinajstić information content (AvgIpc) is 3.09. The van der Waals surface area contributed by atoms with Gasteiger partial charge in [-0.15, -0.1) is 10.2 Å². The number of benzene rings is 1. The van der Waals surface area contributed by atoms with Crippen molar-refractivity contribution in [3.05, 3.63) is 67.2 Å². The minimum atomic E-state index is -0.823. The van der Waals surface area contributed by atoms with Gasteiger partial charge in [0.2, 0.25) is 0 Å². The Hall–Kier alpha value is -2.01. The van der Waals surface area contributed by atoms with E-state index in [0.29, 0.717) is 28.4 Å². The second-order valence-electron chi connectivity index (χ2n) is 5.80. The predicted molar refractivity (Wildman–Crippen MR) is 110 cm³/mol. The zero-order chi connectivity index (χ0) is 19.8. The molecule has 0 unspecified atom stereocenters. The largest absolute Gasteiger partial charge is 0.377 e. The first kappa shape index (κ1) is 21.7. The van der Waals surface area contributed by atoms with E-state index in [1.54, 1.807) is 29.1 Å². The second kappa shape index (κ2) is 8.78. The summed E-state index contributed by atoms with van der Waals surface area (Å²) in [5.41, 5.74) is -0.0622. The van der Waals surface area contributed by atoms with Crippen molar-refractivity contribution in [3.63, 3.8) is 0 Å². The van der Waals surface area contributed by atoms with Gasteiger partial charge in [-0.1, -0.05) is 23.2 Å². The Kier molecular flexibility index (Phi) is 6.57. The van der Waals surface area contributed by atoms with Gasteiger partial charge >= 0.3 is 11.1 Å². The first-order valence-electron chi connectivity index (χ1n) is 7.99. The van der Waals surface area contributed by atoms with E-state index >= 15 is 0 Å². The van der Waals surface area contributed by atoms with Gasteiger partial charge < -0.3 is 14.7 Å². The van der Waals surface area contributed by atoms with E-state index in [9.17, 15) is 9.59 Å². The summed E-state index contributed by atoms with van der Waals surface area (Å²) < 4.78 is 6.84. The van der Waals surface area contributed by atoms with Crippen molar-refractivity contribution < 1.29 is 4.74 Å². The number of hydrogen-bond donors (Lipinski definition) is 2. The third-order valence-electron chi connectivity index (χ3n) is 4.03. The molecule has 0 amide bonds. The number of aromatic nitrogens is 6. The number of nitrogens with one attached hydrogen (secondary N) is 2. The molecule has 0 saturated carbocycles. The van der Waals surface area contributed by atoms with E-state index < -0.39 is 11.1 Å². The standard InChI is InChI=1S/C17H12Cl2N6O3.Na/c1-28-7-11-23-24-15(8-3-2-4-20-6-8)25(11)14-12(19)9(18)5-10-13(14)22-17(27)16(26)21-10;/h2-6H,7H2,1H3,(H,21,26)(H,22,27);. The van der Waals surface area contributed by atoms with Gasteiger partial charge in [-0.2, -0.15) is 0 Å². The van der Waals surface area contributed by atoms with Crippen LogP contribution in [0, 0.1) is 0 Å². The van der Waals surface area contributed by atoms with Gasteiger partial charge in [-0.3, -0.25) is 19.1 Å². The molecule has 3 aromatic heterocycles. The first-order chi connectivity index (χ1) is 13.5. The summed E-state index contributed by atoms with van der Waals surface area (Å²) in [5.74, 6) is 0.830. The SMILES string of the molecule is COCc1nnc(-c2cccnc2)n1-c1c(Cl)c(Cl)cc2[nH]c(=O)c(=O)[nH]c12.[Na]. The van der Waals surface area contributed by atoms with Gasteiger partial charge in [0.05, 0.1) is 26.8 Å². The van der Waals surface area contributed by atoms with E-state index in [-0.39, 0.29) is 51.7 Å². The zero-order valence-electron chi connectivity index (χ0n) is 15.4. The Morgan fingerprint density at radius 1 is 1.17 bits per heavy atom. The summed E-state index contributed by atoms with van der Waals surface area (Å²) in [5, 5.41) is 8.73. The molecule has 29 heavy (non-hydrogen) atoms. The monoisotopic (exact) mass is 441 g/mol. The minimum Gasteiger partial charge on any atom is -0.377 e. The molecule has 12 heteroatoms. The summed E-state index contributed by atoms with van der Waals surface area (Å²) in [7, 11) is 1.51. The third kappa shape index (κ3) is 3.89. The molecule has 0 fully saturated rings. The summed E-state index contributed by atoms with van der Waals surface area (Å²) in [4.78, 5) is 32.9. The van der Waals surface area contributed by atoms with Crippen molar-refractivity contribution in [1.82, 2.24) is 29.7 Å². The van der Waals surface area contributed by atoms with Gasteiger partial charge in [0.15, 0.2) is 11.6 Å². The number of rotatable bonds is 4. The molecular weight excluding hydrogens is 430 g/mol. The minimum absolute atomic E-state index is 0. The van der Waals surface area contributed by atoms with Crippen LogP contribution in [0.25, 0.3) is 28.1 Å². The van der Waals surface area contributed by atoms with Gasteiger partial charge in [0, 0.05) is 54.6 Å². The van der Waals surface area contributed by atoms with Gasteiger partial charge in [0.25, 0.3) is 0 Å². The molecule has 0 spiro atoms. The van der Waals surface area contributed by atoms with Crippen molar-refractivity contribution in [3.8, 4) is 17.1 Å². The summed E-state index contributed by atoms with van der Waals surface area (Å²) in [6.45, 7) is 0.116. The van der Waals surface area contributed by atoms with Crippen LogP contribution in [0.2, 0.25) is 10.0 Å². The number of aromatic amines is 2. The summed E-state index contributed by atoms with van der Waals surface area (Å²) >= 11 is 12.8. The zero-order valence-corrected chi connectivity index (χ0v) is 18.9. The fourth-order valence-corrected chi connectivity index (χ4v) is 3.29.